The second-order valence-electron chi connectivity index (χ2n) is 33.0. The third-order valence-corrected chi connectivity index (χ3v) is 28.0. The van der Waals surface area contributed by atoms with E-state index < -0.39 is 10.8 Å². The number of rotatable bonds is 13. The number of benzene rings is 20. The van der Waals surface area contributed by atoms with Crippen LogP contribution in [0.15, 0.2) is 450 Å². The Morgan fingerprint density at radius 1 is 0.202 bits per heavy atom. The largest absolute Gasteiger partial charge is 0.455 e. The third kappa shape index (κ3) is 10.1. The van der Waals surface area contributed by atoms with E-state index in [1.54, 1.807) is 0 Å². The lowest BCUT2D eigenvalue weighted by Gasteiger charge is -2.35. The lowest BCUT2D eigenvalue weighted by Crippen LogP contribution is -2.28. The van der Waals surface area contributed by atoms with Crippen LogP contribution in [-0.4, -0.2) is 0 Å². The molecule has 26 rings (SSSR count). The van der Waals surface area contributed by atoms with Gasteiger partial charge in [0.2, 0.25) is 0 Å². The molecule has 20 aromatic carbocycles. The monoisotopic (exact) mass is 1600 g/mol. The van der Waals surface area contributed by atoms with Crippen LogP contribution in [0.1, 0.15) is 44.5 Å². The summed E-state index contributed by atoms with van der Waals surface area (Å²) in [7, 11) is 0. The number of fused-ring (bicyclic) bond motifs is 22. The SMILES string of the molecule is c1ccc(C2(c3ccccc3)c3ccccc3-c3ccc(N(c4ccc5c(c4)sc4c(-c6cccc7c6ccc6c7oc7cccc(-c8ccccc8N(c8ccc9c(c8)C(c8ccccc8)(c8ccccc8)c8ccccc8-9)c8cccc9c8oc8ccccc89)c76)cccc45)c4ccccc4-c4cccc5oc6c7ccccc7ccc6c45)cc32)cc1. The van der Waals surface area contributed by atoms with Gasteiger partial charge in [-0.05, 0) is 179 Å². The summed E-state index contributed by atoms with van der Waals surface area (Å²) in [5, 5.41) is 13.2. The Labute approximate surface area is 718 Å². The maximum absolute atomic E-state index is 7.36. The van der Waals surface area contributed by atoms with Crippen LogP contribution in [0.3, 0.4) is 0 Å². The molecule has 0 saturated heterocycles. The van der Waals surface area contributed by atoms with Crippen LogP contribution in [-0.2, 0) is 10.8 Å². The van der Waals surface area contributed by atoms with Crippen LogP contribution in [0.5, 0.6) is 0 Å². The minimum atomic E-state index is -0.634. The van der Waals surface area contributed by atoms with Gasteiger partial charge in [0.25, 0.3) is 0 Å². The molecule has 0 unspecified atom stereocenters. The van der Waals surface area contributed by atoms with Gasteiger partial charge in [-0.2, -0.15) is 0 Å². The van der Waals surface area contributed by atoms with Crippen LogP contribution in [0, 0.1) is 0 Å². The molecule has 0 saturated carbocycles. The van der Waals surface area contributed by atoms with Gasteiger partial charge in [0.1, 0.15) is 27.9 Å². The predicted molar refractivity (Wildman–Crippen MR) is 516 cm³/mol. The van der Waals surface area contributed by atoms with Gasteiger partial charge >= 0.3 is 0 Å². The molecule has 4 heterocycles. The fourth-order valence-corrected chi connectivity index (χ4v) is 23.0. The molecule has 0 radical (unpaired) electrons. The second-order valence-corrected chi connectivity index (χ2v) is 34.1. The lowest BCUT2D eigenvalue weighted by atomic mass is 9.67. The molecule has 0 fully saturated rings. The Hall–Kier alpha value is -15.9. The van der Waals surface area contributed by atoms with E-state index in [4.69, 9.17) is 13.3 Å². The first kappa shape index (κ1) is 70.0. The molecule has 578 valence electrons. The average molecular weight is 1600 g/mol. The molecule has 0 amide bonds. The minimum absolute atomic E-state index is 0.628. The molecule has 0 aliphatic heterocycles. The third-order valence-electron chi connectivity index (χ3n) is 26.8. The molecule has 2 aliphatic rings. The topological polar surface area (TPSA) is 45.9 Å². The van der Waals surface area contributed by atoms with E-state index in [1.807, 2.05) is 11.3 Å². The first-order valence-electron chi connectivity index (χ1n) is 42.6. The van der Waals surface area contributed by atoms with E-state index in [0.717, 1.165) is 149 Å². The van der Waals surface area contributed by atoms with E-state index in [9.17, 15) is 0 Å². The zero-order valence-electron chi connectivity index (χ0n) is 67.1. The molecule has 124 heavy (non-hydrogen) atoms. The summed E-state index contributed by atoms with van der Waals surface area (Å²) < 4.78 is 23.8. The highest BCUT2D eigenvalue weighted by atomic mass is 32.1. The van der Waals surface area contributed by atoms with Gasteiger partial charge in [-0.15, -0.1) is 11.3 Å². The number of anilines is 6. The number of para-hydroxylation sites is 4. The van der Waals surface area contributed by atoms with Crippen molar-refractivity contribution in [2.45, 2.75) is 10.8 Å². The summed E-state index contributed by atoms with van der Waals surface area (Å²) in [6.07, 6.45) is 0. The zero-order valence-corrected chi connectivity index (χ0v) is 67.9. The van der Waals surface area contributed by atoms with Gasteiger partial charge in [0.15, 0.2) is 5.58 Å². The Morgan fingerprint density at radius 2 is 0.581 bits per heavy atom. The van der Waals surface area contributed by atoms with Crippen molar-refractivity contribution in [3.05, 3.63) is 481 Å². The lowest BCUT2D eigenvalue weighted by molar-refractivity contribution is 0.669. The zero-order chi connectivity index (χ0) is 81.3. The molecule has 24 aromatic rings. The highest BCUT2D eigenvalue weighted by Crippen LogP contribution is 2.61. The first-order chi connectivity index (χ1) is 61.5. The average Bonchev–Trinajstić information content (AvgIpc) is 1.54. The Morgan fingerprint density at radius 3 is 1.19 bits per heavy atom. The number of furan rings is 3. The minimum Gasteiger partial charge on any atom is -0.455 e. The first-order valence-corrected chi connectivity index (χ1v) is 43.4. The Balaban J connectivity index is 0.635. The van der Waals surface area contributed by atoms with E-state index in [0.29, 0.717) is 0 Å². The van der Waals surface area contributed by atoms with Gasteiger partial charge in [0.05, 0.1) is 27.9 Å². The summed E-state index contributed by atoms with van der Waals surface area (Å²) in [6, 6.07) is 161. The van der Waals surface area contributed by atoms with Crippen LogP contribution in [0.4, 0.5) is 34.1 Å². The molecular formula is C118H72N2O3S. The standard InChI is InChI=1S/C118H72N2O3S/c1-5-31-74(32-6-1)117(75-33-7-2-8-34-75)100-52-20-15-40-84(100)86-65-61-78(70-102(86)117)119(104-54-22-17-42-88(104)92-46-28-58-108-111(92)98-64-60-73-30-13-14-39-81(73)113(98)122-108)80-63-67-91-97-51-26-50-96(116(97)124-110(91)72-80)82-45-25-48-94-83(82)68-69-99-112-93(47-29-59-109(112)123-114(94)99)89-43-18-23-55-105(89)120(106-56-27-49-95-90-44-19-24-57-107(90)121-115(95)106)79-62-66-87-85-41-16-21-53-101(85)118(103(87)71-79,76-35-9-3-10-36-76)77-37-11-4-12-38-77/h1-72H. The maximum Gasteiger partial charge on any atom is 0.159 e. The second kappa shape index (κ2) is 27.3. The number of hydrogen-bond acceptors (Lipinski definition) is 6. The van der Waals surface area contributed by atoms with Gasteiger partial charge < -0.3 is 23.1 Å². The molecule has 5 nitrogen and oxygen atoms in total. The van der Waals surface area contributed by atoms with Gasteiger partial charge in [0, 0.05) is 97.0 Å². The van der Waals surface area contributed by atoms with Crippen LogP contribution < -0.4 is 9.80 Å². The molecule has 0 spiro atoms. The smallest absolute Gasteiger partial charge is 0.159 e. The summed E-state index contributed by atoms with van der Waals surface area (Å²) in [6.45, 7) is 0. The highest BCUT2D eigenvalue weighted by molar-refractivity contribution is 7.26. The summed E-state index contributed by atoms with van der Waals surface area (Å²) >= 11 is 1.86. The van der Waals surface area contributed by atoms with Gasteiger partial charge in [-0.25, -0.2) is 0 Å². The number of nitrogens with zero attached hydrogens (tertiary/aromatic N) is 2. The van der Waals surface area contributed by atoms with Crippen molar-refractivity contribution in [3.63, 3.8) is 0 Å². The fourth-order valence-electron chi connectivity index (χ4n) is 21.7. The normalized spacial score (nSPS) is 13.1. The van der Waals surface area contributed by atoms with E-state index >= 15 is 0 Å². The van der Waals surface area contributed by atoms with Crippen molar-refractivity contribution < 1.29 is 13.3 Å². The fraction of sp³-hybridized carbons (Fsp3) is 0.0169. The van der Waals surface area contributed by atoms with Crippen LogP contribution in [0.25, 0.3) is 163 Å². The van der Waals surface area contributed by atoms with E-state index in [2.05, 4.69) is 447 Å². The van der Waals surface area contributed by atoms with Crippen molar-refractivity contribution in [2.75, 3.05) is 9.80 Å². The van der Waals surface area contributed by atoms with Crippen molar-refractivity contribution in [3.8, 4) is 55.6 Å². The van der Waals surface area contributed by atoms with Crippen LogP contribution in [0.2, 0.25) is 0 Å². The quantitative estimate of drug-likeness (QED) is 0.115. The molecule has 0 atom stereocenters. The molecular weight excluding hydrogens is 1530 g/mol. The van der Waals surface area contributed by atoms with E-state index in [1.165, 1.54) is 92.5 Å². The molecule has 0 N–H and O–H groups in total. The molecule has 2 aliphatic carbocycles. The van der Waals surface area contributed by atoms with Crippen LogP contribution >= 0.6 is 11.3 Å². The van der Waals surface area contributed by atoms with Gasteiger partial charge in [-0.3, -0.25) is 0 Å². The number of thiophene rings is 1. The van der Waals surface area contributed by atoms with Crippen molar-refractivity contribution in [2.24, 2.45) is 0 Å². The van der Waals surface area contributed by atoms with Crippen molar-refractivity contribution in [1.29, 1.82) is 0 Å². The summed E-state index contributed by atoms with van der Waals surface area (Å²) in [4.78, 5) is 4.96. The predicted octanol–water partition coefficient (Wildman–Crippen LogP) is 32.7. The van der Waals surface area contributed by atoms with E-state index in [-0.39, 0.29) is 0 Å². The Kier molecular flexibility index (Phi) is 15.4. The molecule has 0 bridgehead atoms. The summed E-state index contributed by atoms with van der Waals surface area (Å²) in [5.74, 6) is 0. The van der Waals surface area contributed by atoms with Gasteiger partial charge in [-0.1, -0.05) is 352 Å². The number of hydrogen-bond donors (Lipinski definition) is 0. The van der Waals surface area contributed by atoms with Crippen molar-refractivity contribution in [1.82, 2.24) is 0 Å². The molecule has 6 heteroatoms. The maximum atomic E-state index is 7.36. The molecule has 4 aromatic heterocycles. The van der Waals surface area contributed by atoms with Crippen molar-refractivity contribution >= 4 is 153 Å². The Bertz CT molecular complexity index is 8450. The highest BCUT2D eigenvalue weighted by Gasteiger charge is 2.48. The summed E-state index contributed by atoms with van der Waals surface area (Å²) in [5.41, 5.74) is 31.2.